The largest absolute Gasteiger partial charge is 0.358 e. The summed E-state index contributed by atoms with van der Waals surface area (Å²) in [7, 11) is 3.31. The molecule has 1 N–H and O–H groups in total. The third kappa shape index (κ3) is 3.40. The van der Waals surface area contributed by atoms with Crippen molar-refractivity contribution in [1.82, 2.24) is 9.88 Å². The maximum Gasteiger partial charge on any atom is 0.291 e. The molecule has 1 heterocycles. The number of likely N-dealkylation sites (N-methyl/N-ethyl adjacent to an activating group) is 1. The number of amides is 1. The average Bonchev–Trinajstić information content (AvgIpc) is 2.33. The van der Waals surface area contributed by atoms with E-state index < -0.39 is 11.0 Å². The summed E-state index contributed by atoms with van der Waals surface area (Å²) in [4.78, 5) is 27.4. The molecule has 104 valence electrons. The number of hydrogen-bond donors (Lipinski definition) is 1. The Balaban J connectivity index is 3.01. The van der Waals surface area contributed by atoms with Crippen molar-refractivity contribution < 1.29 is 9.72 Å². The van der Waals surface area contributed by atoms with Crippen molar-refractivity contribution in [3.05, 3.63) is 26.3 Å². The molecule has 19 heavy (non-hydrogen) atoms. The third-order valence-electron chi connectivity index (χ3n) is 2.60. The number of halogens is 1. The lowest BCUT2D eigenvalue weighted by Gasteiger charge is -2.19. The van der Waals surface area contributed by atoms with Crippen LogP contribution in [0.4, 0.5) is 11.5 Å². The monoisotopic (exact) mass is 330 g/mol. The number of nitro groups is 1. The number of nitrogens with zero attached hydrogens (tertiary/aromatic N) is 3. The van der Waals surface area contributed by atoms with Crippen LogP contribution >= 0.6 is 15.9 Å². The Bertz CT molecular complexity index is 519. The highest BCUT2D eigenvalue weighted by Crippen LogP contribution is 2.30. The van der Waals surface area contributed by atoms with Crippen LogP contribution in [0.2, 0.25) is 0 Å². The molecular formula is C11H15BrN4O3. The Morgan fingerprint density at radius 2 is 2.16 bits per heavy atom. The highest BCUT2D eigenvalue weighted by molar-refractivity contribution is 9.10. The van der Waals surface area contributed by atoms with Gasteiger partial charge in [-0.05, 0) is 29.8 Å². The van der Waals surface area contributed by atoms with Gasteiger partial charge < -0.3 is 10.2 Å². The first kappa shape index (κ1) is 15.4. The van der Waals surface area contributed by atoms with Crippen molar-refractivity contribution in [2.75, 3.05) is 19.4 Å². The van der Waals surface area contributed by atoms with Crippen molar-refractivity contribution in [1.29, 1.82) is 0 Å². The molecule has 0 aliphatic carbocycles. The van der Waals surface area contributed by atoms with Crippen LogP contribution in [0.1, 0.15) is 12.5 Å². The van der Waals surface area contributed by atoms with Crippen LogP contribution in [0, 0.1) is 17.0 Å². The van der Waals surface area contributed by atoms with Gasteiger partial charge in [-0.2, -0.15) is 0 Å². The fourth-order valence-corrected chi connectivity index (χ4v) is 1.93. The molecule has 1 amide bonds. The Hall–Kier alpha value is -1.70. The van der Waals surface area contributed by atoms with E-state index in [-0.39, 0.29) is 11.6 Å². The Kier molecular flexibility index (Phi) is 4.82. The smallest absolute Gasteiger partial charge is 0.291 e. The standard InChI is InChI=1S/C11H15BrN4O3/c1-6-8(16(18)19)5-13-10(9(6)12)14-7(2)11(17)15(3)4/h5,7H,1-4H3,(H,13,14). The molecule has 0 aromatic carbocycles. The summed E-state index contributed by atoms with van der Waals surface area (Å²) in [5.74, 6) is 0.301. The van der Waals surface area contributed by atoms with Crippen LogP contribution in [0.3, 0.4) is 0 Å². The molecule has 0 spiro atoms. The second-order valence-electron chi connectivity index (χ2n) is 4.29. The van der Waals surface area contributed by atoms with E-state index in [4.69, 9.17) is 0 Å². The van der Waals surface area contributed by atoms with Gasteiger partial charge in [0.05, 0.1) is 9.40 Å². The summed E-state index contributed by atoms with van der Waals surface area (Å²) in [6, 6.07) is -0.473. The van der Waals surface area contributed by atoms with Crippen LogP contribution in [0.25, 0.3) is 0 Å². The lowest BCUT2D eigenvalue weighted by atomic mass is 10.2. The number of rotatable bonds is 4. The quantitative estimate of drug-likeness (QED) is 0.673. The highest BCUT2D eigenvalue weighted by Gasteiger charge is 2.20. The molecule has 0 aliphatic heterocycles. The van der Waals surface area contributed by atoms with E-state index in [2.05, 4.69) is 26.2 Å². The van der Waals surface area contributed by atoms with Crippen LogP contribution < -0.4 is 5.32 Å². The second-order valence-corrected chi connectivity index (χ2v) is 5.08. The number of aromatic nitrogens is 1. The van der Waals surface area contributed by atoms with Gasteiger partial charge in [-0.1, -0.05) is 0 Å². The van der Waals surface area contributed by atoms with Crippen molar-refractivity contribution in [2.24, 2.45) is 0 Å². The maximum atomic E-state index is 11.7. The number of anilines is 1. The molecule has 1 rings (SSSR count). The molecule has 0 fully saturated rings. The summed E-state index contributed by atoms with van der Waals surface area (Å²) in [6.45, 7) is 3.32. The Morgan fingerprint density at radius 3 is 2.63 bits per heavy atom. The van der Waals surface area contributed by atoms with Gasteiger partial charge in [0.2, 0.25) is 5.91 Å². The van der Waals surface area contributed by atoms with E-state index >= 15 is 0 Å². The summed E-state index contributed by atoms with van der Waals surface area (Å²) in [5, 5.41) is 13.7. The average molecular weight is 331 g/mol. The minimum absolute atomic E-state index is 0.0657. The van der Waals surface area contributed by atoms with E-state index in [1.807, 2.05) is 0 Å². The second kappa shape index (κ2) is 5.96. The molecule has 0 radical (unpaired) electrons. The molecule has 1 aromatic heterocycles. The van der Waals surface area contributed by atoms with Gasteiger partial charge in [0.25, 0.3) is 5.69 Å². The van der Waals surface area contributed by atoms with Gasteiger partial charge in [-0.25, -0.2) is 4.98 Å². The molecule has 1 atom stereocenters. The summed E-state index contributed by atoms with van der Waals surface area (Å²) >= 11 is 3.26. The minimum Gasteiger partial charge on any atom is -0.358 e. The van der Waals surface area contributed by atoms with Gasteiger partial charge in [0, 0.05) is 19.7 Å². The van der Waals surface area contributed by atoms with Crippen molar-refractivity contribution in [3.8, 4) is 0 Å². The molecule has 1 unspecified atom stereocenters. The lowest BCUT2D eigenvalue weighted by molar-refractivity contribution is -0.385. The first-order valence-corrected chi connectivity index (χ1v) is 6.32. The van der Waals surface area contributed by atoms with Crippen LogP contribution in [0.15, 0.2) is 10.7 Å². The van der Waals surface area contributed by atoms with Crippen LogP contribution in [-0.2, 0) is 4.79 Å². The highest BCUT2D eigenvalue weighted by atomic mass is 79.9. The fourth-order valence-electron chi connectivity index (χ4n) is 1.51. The Labute approximate surface area is 119 Å². The molecule has 0 bridgehead atoms. The first-order chi connectivity index (χ1) is 8.75. The van der Waals surface area contributed by atoms with Crippen molar-refractivity contribution in [2.45, 2.75) is 19.9 Å². The first-order valence-electron chi connectivity index (χ1n) is 5.53. The summed E-state index contributed by atoms with van der Waals surface area (Å²) in [6.07, 6.45) is 1.18. The number of carbonyl (C=O) groups excluding carboxylic acids is 1. The van der Waals surface area contributed by atoms with Gasteiger partial charge in [-0.15, -0.1) is 0 Å². The van der Waals surface area contributed by atoms with E-state index in [9.17, 15) is 14.9 Å². The SMILES string of the molecule is Cc1c([N+](=O)[O-])cnc(NC(C)C(=O)N(C)C)c1Br. The zero-order chi connectivity index (χ0) is 14.7. The molecule has 1 aromatic rings. The topological polar surface area (TPSA) is 88.4 Å². The number of carbonyl (C=O) groups is 1. The Morgan fingerprint density at radius 1 is 1.58 bits per heavy atom. The van der Waals surface area contributed by atoms with Crippen molar-refractivity contribution >= 4 is 33.3 Å². The molecule has 7 nitrogen and oxygen atoms in total. The minimum atomic E-state index is -0.495. The molecule has 8 heteroatoms. The van der Waals surface area contributed by atoms with Gasteiger partial charge in [0.15, 0.2) is 0 Å². The lowest BCUT2D eigenvalue weighted by Crippen LogP contribution is -2.37. The molecular weight excluding hydrogens is 316 g/mol. The summed E-state index contributed by atoms with van der Waals surface area (Å²) < 4.78 is 0.486. The zero-order valence-corrected chi connectivity index (χ0v) is 12.7. The van der Waals surface area contributed by atoms with E-state index in [0.717, 1.165) is 0 Å². The predicted molar refractivity (Wildman–Crippen MR) is 75.1 cm³/mol. The van der Waals surface area contributed by atoms with Crippen LogP contribution in [0.5, 0.6) is 0 Å². The summed E-state index contributed by atoms with van der Waals surface area (Å²) in [5.41, 5.74) is 0.399. The maximum absolute atomic E-state index is 11.7. The number of nitrogens with one attached hydrogen (secondary N) is 1. The van der Waals surface area contributed by atoms with E-state index in [1.165, 1.54) is 11.1 Å². The van der Waals surface area contributed by atoms with E-state index in [0.29, 0.717) is 15.9 Å². The normalized spacial score (nSPS) is 11.8. The number of pyridine rings is 1. The molecule has 0 saturated heterocycles. The van der Waals surface area contributed by atoms with Crippen molar-refractivity contribution in [3.63, 3.8) is 0 Å². The molecule has 0 saturated carbocycles. The molecule has 0 aliphatic rings. The third-order valence-corrected chi connectivity index (χ3v) is 3.57. The zero-order valence-electron chi connectivity index (χ0n) is 11.1. The van der Waals surface area contributed by atoms with E-state index in [1.54, 1.807) is 27.9 Å². The van der Waals surface area contributed by atoms with Gasteiger partial charge >= 0.3 is 0 Å². The van der Waals surface area contributed by atoms with Gasteiger partial charge in [0.1, 0.15) is 18.1 Å². The fraction of sp³-hybridized carbons (Fsp3) is 0.455. The van der Waals surface area contributed by atoms with Crippen LogP contribution in [-0.4, -0.2) is 40.9 Å². The predicted octanol–water partition coefficient (Wildman–Crippen LogP) is 1.95. The van der Waals surface area contributed by atoms with Gasteiger partial charge in [-0.3, -0.25) is 14.9 Å². The number of hydrogen-bond acceptors (Lipinski definition) is 5.